The summed E-state index contributed by atoms with van der Waals surface area (Å²) in [5, 5.41) is 13.4. The number of rotatable bonds is 6. The summed E-state index contributed by atoms with van der Waals surface area (Å²) in [5.41, 5.74) is 3.75. The van der Waals surface area contributed by atoms with Crippen molar-refractivity contribution in [2.24, 2.45) is 0 Å². The van der Waals surface area contributed by atoms with Crippen LogP contribution in [-0.2, 0) is 11.4 Å². The molecule has 3 aromatic carbocycles. The van der Waals surface area contributed by atoms with Crippen LogP contribution in [-0.4, -0.2) is 5.91 Å². The molecule has 3 rings (SSSR count). The third kappa shape index (κ3) is 5.83. The maximum absolute atomic E-state index is 12.6. The molecule has 0 aliphatic carbocycles. The molecule has 0 fully saturated rings. The Morgan fingerprint density at radius 2 is 1.72 bits per heavy atom. The summed E-state index contributed by atoms with van der Waals surface area (Å²) in [4.78, 5) is 12.6. The molecule has 3 aromatic rings. The van der Waals surface area contributed by atoms with E-state index in [9.17, 15) is 10.1 Å². The molecule has 0 saturated carbocycles. The predicted molar refractivity (Wildman–Crippen MR) is 130 cm³/mol. The van der Waals surface area contributed by atoms with Crippen LogP contribution in [0.2, 0.25) is 15.1 Å². The molecule has 1 N–H and O–H groups in total. The maximum atomic E-state index is 12.6. The Labute approximate surface area is 202 Å². The fraction of sp³-hybridized carbons (Fsp3) is 0.120. The van der Waals surface area contributed by atoms with Gasteiger partial charge in [-0.05, 0) is 60.9 Å². The molecule has 0 aliphatic heterocycles. The molecular formula is C25H19Cl3N2O2. The molecule has 32 heavy (non-hydrogen) atoms. The van der Waals surface area contributed by atoms with Crippen LogP contribution in [0.3, 0.4) is 0 Å². The molecule has 0 spiro atoms. The Morgan fingerprint density at radius 3 is 2.38 bits per heavy atom. The highest BCUT2D eigenvalue weighted by molar-refractivity contribution is 6.37. The van der Waals surface area contributed by atoms with E-state index in [-0.39, 0.29) is 22.2 Å². The number of aryl methyl sites for hydroxylation is 2. The third-order valence-electron chi connectivity index (χ3n) is 4.67. The lowest BCUT2D eigenvalue weighted by Gasteiger charge is -2.12. The number of nitriles is 1. The largest absolute Gasteiger partial charge is 0.486 e. The number of nitrogens with one attached hydrogen (secondary N) is 1. The topological polar surface area (TPSA) is 62.1 Å². The Morgan fingerprint density at radius 1 is 1.03 bits per heavy atom. The van der Waals surface area contributed by atoms with Crippen LogP contribution in [0.15, 0.2) is 60.2 Å². The lowest BCUT2D eigenvalue weighted by molar-refractivity contribution is -0.112. The van der Waals surface area contributed by atoms with E-state index in [1.807, 2.05) is 56.3 Å². The molecular weight excluding hydrogens is 467 g/mol. The van der Waals surface area contributed by atoms with Crippen molar-refractivity contribution in [2.45, 2.75) is 20.5 Å². The first kappa shape index (κ1) is 23.7. The average molecular weight is 486 g/mol. The number of halogens is 3. The zero-order valence-corrected chi connectivity index (χ0v) is 19.6. The van der Waals surface area contributed by atoms with Crippen molar-refractivity contribution < 1.29 is 9.53 Å². The minimum Gasteiger partial charge on any atom is -0.486 e. The number of hydrogen-bond acceptors (Lipinski definition) is 3. The van der Waals surface area contributed by atoms with Gasteiger partial charge in [0, 0.05) is 16.3 Å². The van der Waals surface area contributed by atoms with Crippen molar-refractivity contribution >= 4 is 52.5 Å². The third-order valence-corrected chi connectivity index (χ3v) is 5.60. The monoisotopic (exact) mass is 484 g/mol. The zero-order valence-electron chi connectivity index (χ0n) is 17.4. The lowest BCUT2D eigenvalue weighted by Crippen LogP contribution is -2.14. The number of nitrogens with zero attached hydrogens (tertiary/aromatic N) is 1. The molecule has 162 valence electrons. The molecule has 0 radical (unpaired) electrons. The number of carbonyl (C=O) groups is 1. The van der Waals surface area contributed by atoms with Gasteiger partial charge in [-0.2, -0.15) is 5.26 Å². The zero-order chi connectivity index (χ0) is 23.3. The van der Waals surface area contributed by atoms with E-state index in [4.69, 9.17) is 39.5 Å². The lowest BCUT2D eigenvalue weighted by atomic mass is 10.1. The number of amides is 1. The molecule has 0 unspecified atom stereocenters. The first-order valence-electron chi connectivity index (χ1n) is 9.64. The van der Waals surface area contributed by atoms with Crippen LogP contribution in [0.4, 0.5) is 5.69 Å². The predicted octanol–water partition coefficient (Wildman–Crippen LogP) is 7.39. The van der Waals surface area contributed by atoms with Gasteiger partial charge >= 0.3 is 0 Å². The van der Waals surface area contributed by atoms with E-state index in [0.29, 0.717) is 22.0 Å². The summed E-state index contributed by atoms with van der Waals surface area (Å²) in [6, 6.07) is 18.1. The second-order valence-corrected chi connectivity index (χ2v) is 8.36. The minimum absolute atomic E-state index is 0.0808. The van der Waals surface area contributed by atoms with Crippen LogP contribution < -0.4 is 10.1 Å². The van der Waals surface area contributed by atoms with E-state index in [0.717, 1.165) is 16.7 Å². The number of carbonyl (C=O) groups excluding carboxylic acids is 1. The second-order valence-electron chi connectivity index (χ2n) is 7.14. The summed E-state index contributed by atoms with van der Waals surface area (Å²) in [6.07, 6.45) is 1.43. The van der Waals surface area contributed by atoms with Crippen LogP contribution in [0, 0.1) is 25.2 Å². The number of ether oxygens (including phenoxy) is 1. The highest BCUT2D eigenvalue weighted by Gasteiger charge is 2.14. The van der Waals surface area contributed by atoms with Gasteiger partial charge in [0.15, 0.2) is 5.75 Å². The SMILES string of the molecule is Cc1ccc(C)c(NC(=O)/C(C#N)=C/c2cc(Cl)c(OCc3ccccc3Cl)c(Cl)c2)c1. The van der Waals surface area contributed by atoms with Crippen LogP contribution in [0.25, 0.3) is 6.08 Å². The van der Waals surface area contributed by atoms with Gasteiger partial charge in [0.05, 0.1) is 10.0 Å². The molecule has 0 atom stereocenters. The van der Waals surface area contributed by atoms with Crippen molar-refractivity contribution in [3.05, 3.63) is 97.5 Å². The molecule has 0 aliphatic rings. The van der Waals surface area contributed by atoms with Gasteiger partial charge in [-0.3, -0.25) is 4.79 Å². The van der Waals surface area contributed by atoms with Gasteiger partial charge in [-0.1, -0.05) is 65.1 Å². The highest BCUT2D eigenvalue weighted by Crippen LogP contribution is 2.36. The van der Waals surface area contributed by atoms with Crippen molar-refractivity contribution in [3.63, 3.8) is 0 Å². The smallest absolute Gasteiger partial charge is 0.266 e. The van der Waals surface area contributed by atoms with Crippen LogP contribution in [0.5, 0.6) is 5.75 Å². The molecule has 0 heterocycles. The normalized spacial score (nSPS) is 11.1. The Bertz CT molecular complexity index is 1220. The summed E-state index contributed by atoms with van der Waals surface area (Å²) in [5.74, 6) is -0.226. The Hall–Kier alpha value is -2.97. The number of hydrogen-bond donors (Lipinski definition) is 1. The summed E-state index contributed by atoms with van der Waals surface area (Å²) >= 11 is 18.9. The van der Waals surface area contributed by atoms with E-state index >= 15 is 0 Å². The summed E-state index contributed by atoms with van der Waals surface area (Å²) < 4.78 is 5.76. The average Bonchev–Trinajstić information content (AvgIpc) is 2.75. The van der Waals surface area contributed by atoms with Gasteiger partial charge in [0.1, 0.15) is 18.2 Å². The van der Waals surface area contributed by atoms with Crippen molar-refractivity contribution in [3.8, 4) is 11.8 Å². The quantitative estimate of drug-likeness (QED) is 0.292. The van der Waals surface area contributed by atoms with Gasteiger partial charge in [0.25, 0.3) is 5.91 Å². The van der Waals surface area contributed by atoms with Crippen LogP contribution >= 0.6 is 34.8 Å². The first-order valence-corrected chi connectivity index (χ1v) is 10.8. The Balaban J connectivity index is 1.80. The van der Waals surface area contributed by atoms with Gasteiger partial charge in [0.2, 0.25) is 0 Å². The molecule has 0 saturated heterocycles. The molecule has 7 heteroatoms. The van der Waals surface area contributed by atoms with Crippen molar-refractivity contribution in [1.29, 1.82) is 5.26 Å². The molecule has 4 nitrogen and oxygen atoms in total. The highest BCUT2D eigenvalue weighted by atomic mass is 35.5. The number of anilines is 1. The first-order chi connectivity index (χ1) is 15.3. The van der Waals surface area contributed by atoms with E-state index in [2.05, 4.69) is 5.32 Å². The summed E-state index contributed by atoms with van der Waals surface area (Å²) in [7, 11) is 0. The van der Waals surface area contributed by atoms with Crippen molar-refractivity contribution in [2.75, 3.05) is 5.32 Å². The molecule has 0 bridgehead atoms. The van der Waals surface area contributed by atoms with Gasteiger partial charge in [-0.15, -0.1) is 0 Å². The van der Waals surface area contributed by atoms with E-state index in [1.54, 1.807) is 18.2 Å². The van der Waals surface area contributed by atoms with Crippen LogP contribution in [0.1, 0.15) is 22.3 Å². The molecule has 0 aromatic heterocycles. The van der Waals surface area contributed by atoms with Crippen molar-refractivity contribution in [1.82, 2.24) is 0 Å². The Kier molecular flexibility index (Phi) is 7.82. The molecule has 1 amide bonds. The maximum Gasteiger partial charge on any atom is 0.266 e. The fourth-order valence-corrected chi connectivity index (χ4v) is 3.74. The minimum atomic E-state index is -0.521. The van der Waals surface area contributed by atoms with E-state index in [1.165, 1.54) is 6.08 Å². The van der Waals surface area contributed by atoms with Gasteiger partial charge < -0.3 is 10.1 Å². The second kappa shape index (κ2) is 10.6. The fourth-order valence-electron chi connectivity index (χ4n) is 2.94. The number of benzene rings is 3. The standard InChI is InChI=1S/C25H19Cl3N2O2/c1-15-7-8-16(2)23(9-15)30-25(31)19(13-29)10-17-11-21(27)24(22(28)12-17)32-14-18-5-3-4-6-20(18)26/h3-12H,14H2,1-2H3,(H,30,31)/b19-10+. The van der Waals surface area contributed by atoms with Gasteiger partial charge in [-0.25, -0.2) is 0 Å². The summed E-state index contributed by atoms with van der Waals surface area (Å²) in [6.45, 7) is 4.00. The van der Waals surface area contributed by atoms with E-state index < -0.39 is 5.91 Å².